The molecule has 1 aliphatic rings. The van der Waals surface area contributed by atoms with E-state index in [0.717, 1.165) is 6.07 Å². The zero-order valence-electron chi connectivity index (χ0n) is 9.77. The van der Waals surface area contributed by atoms with Crippen molar-refractivity contribution in [1.82, 2.24) is 4.90 Å². The normalized spacial score (nSPS) is 14.7. The van der Waals surface area contributed by atoms with E-state index in [9.17, 15) is 13.6 Å². The summed E-state index contributed by atoms with van der Waals surface area (Å²) in [5, 5.41) is 17.4. The molecule has 1 aromatic rings. The number of benzene rings is 1. The Labute approximate surface area is 107 Å². The lowest BCUT2D eigenvalue weighted by molar-refractivity contribution is 0.0583. The van der Waals surface area contributed by atoms with Crippen LogP contribution in [0.5, 0.6) is 5.75 Å². The summed E-state index contributed by atoms with van der Waals surface area (Å²) in [7, 11) is 0. The molecule has 1 aliphatic heterocycles. The van der Waals surface area contributed by atoms with Crippen LogP contribution >= 0.6 is 0 Å². The molecule has 1 fully saturated rings. The molecule has 0 unspecified atom stereocenters. The van der Waals surface area contributed by atoms with Crippen LogP contribution in [0.4, 0.5) is 13.6 Å². The Morgan fingerprint density at radius 3 is 2.79 bits per heavy atom. The Morgan fingerprint density at radius 2 is 2.21 bits per heavy atom. The van der Waals surface area contributed by atoms with Gasteiger partial charge in [-0.25, -0.2) is 13.6 Å². The molecule has 0 spiro atoms. The Hall–Kier alpha value is -2.36. The quantitative estimate of drug-likeness (QED) is 0.907. The molecule has 0 bridgehead atoms. The van der Waals surface area contributed by atoms with Gasteiger partial charge in [0, 0.05) is 31.1 Å². The molecule has 1 saturated heterocycles. The minimum absolute atomic E-state index is 0.0334. The third-order valence-corrected chi connectivity index (χ3v) is 2.83. The molecule has 1 N–H and O–H groups in total. The Morgan fingerprint density at radius 1 is 1.53 bits per heavy atom. The third kappa shape index (κ3) is 2.73. The highest BCUT2D eigenvalue weighted by Gasteiger charge is 2.31. The second-order valence-corrected chi connectivity index (χ2v) is 4.24. The van der Waals surface area contributed by atoms with E-state index in [-0.39, 0.29) is 23.8 Å². The molecule has 19 heavy (non-hydrogen) atoms. The second kappa shape index (κ2) is 5.10. The van der Waals surface area contributed by atoms with E-state index in [1.165, 1.54) is 4.90 Å². The molecule has 0 atom stereocenters. The van der Waals surface area contributed by atoms with Crippen molar-refractivity contribution < 1.29 is 23.4 Å². The van der Waals surface area contributed by atoms with Crippen LogP contribution in [0.2, 0.25) is 0 Å². The number of hydrogen-bond donors (Lipinski definition) is 1. The maximum absolute atomic E-state index is 13.3. The molecule has 0 saturated carbocycles. The van der Waals surface area contributed by atoms with Gasteiger partial charge in [0.25, 0.3) is 0 Å². The van der Waals surface area contributed by atoms with E-state index >= 15 is 0 Å². The number of halogens is 2. The van der Waals surface area contributed by atoms with E-state index in [2.05, 4.69) is 0 Å². The molecule has 0 aliphatic carbocycles. The number of carboxylic acid groups (broad SMARTS) is 1. The first-order chi connectivity index (χ1) is 9.01. The summed E-state index contributed by atoms with van der Waals surface area (Å²) >= 11 is 0. The molecule has 5 nitrogen and oxygen atoms in total. The van der Waals surface area contributed by atoms with Crippen LogP contribution in [-0.2, 0) is 0 Å². The van der Waals surface area contributed by atoms with E-state index in [0.29, 0.717) is 19.2 Å². The van der Waals surface area contributed by atoms with Gasteiger partial charge < -0.3 is 14.7 Å². The summed E-state index contributed by atoms with van der Waals surface area (Å²) in [6.07, 6.45) is -1.01. The topological polar surface area (TPSA) is 73.6 Å². The monoisotopic (exact) mass is 268 g/mol. The maximum Gasteiger partial charge on any atom is 0.407 e. The Bertz CT molecular complexity index is 551. The second-order valence-electron chi connectivity index (χ2n) is 4.24. The van der Waals surface area contributed by atoms with E-state index < -0.39 is 17.7 Å². The summed E-state index contributed by atoms with van der Waals surface area (Å²) in [5.41, 5.74) is -0.351. The fourth-order valence-corrected chi connectivity index (χ4v) is 1.81. The van der Waals surface area contributed by atoms with Gasteiger partial charge in [-0.15, -0.1) is 0 Å². The minimum Gasteiger partial charge on any atom is -0.492 e. The summed E-state index contributed by atoms with van der Waals surface area (Å²) in [5.74, 6) is -1.99. The van der Waals surface area contributed by atoms with Crippen LogP contribution in [0.25, 0.3) is 0 Å². The van der Waals surface area contributed by atoms with Crippen molar-refractivity contribution in [2.45, 2.75) is 0 Å². The fourth-order valence-electron chi connectivity index (χ4n) is 1.81. The average molecular weight is 268 g/mol. The molecular formula is C12H10F2N2O3. The molecule has 1 heterocycles. The number of ether oxygens (including phenoxy) is 1. The van der Waals surface area contributed by atoms with Crippen molar-refractivity contribution in [3.05, 3.63) is 29.3 Å². The van der Waals surface area contributed by atoms with Crippen LogP contribution in [0.1, 0.15) is 5.56 Å². The van der Waals surface area contributed by atoms with Crippen LogP contribution in [0.3, 0.4) is 0 Å². The predicted molar refractivity (Wildman–Crippen MR) is 59.7 cm³/mol. The summed E-state index contributed by atoms with van der Waals surface area (Å²) in [6.45, 7) is 0.741. The number of hydrogen-bond acceptors (Lipinski definition) is 3. The molecule has 0 aromatic heterocycles. The van der Waals surface area contributed by atoms with Crippen molar-refractivity contribution in [1.29, 1.82) is 5.26 Å². The van der Waals surface area contributed by atoms with Crippen molar-refractivity contribution >= 4 is 6.09 Å². The van der Waals surface area contributed by atoms with E-state index in [1.54, 1.807) is 6.07 Å². The Balaban J connectivity index is 1.98. The van der Waals surface area contributed by atoms with Crippen LogP contribution in [-0.4, -0.2) is 35.8 Å². The SMILES string of the molecule is N#Cc1c(F)cc(F)cc1OCC1CN(C(=O)O)C1. The van der Waals surface area contributed by atoms with Gasteiger partial charge >= 0.3 is 6.09 Å². The van der Waals surface area contributed by atoms with Crippen molar-refractivity contribution in [2.75, 3.05) is 19.7 Å². The molecule has 2 rings (SSSR count). The van der Waals surface area contributed by atoms with Gasteiger partial charge in [0.05, 0.1) is 6.61 Å². The van der Waals surface area contributed by atoms with Gasteiger partial charge in [0.2, 0.25) is 0 Å². The number of nitrogens with zero attached hydrogens (tertiary/aromatic N) is 2. The molecule has 1 amide bonds. The summed E-state index contributed by atoms with van der Waals surface area (Å²) < 4.78 is 31.5. The van der Waals surface area contributed by atoms with E-state index in [1.807, 2.05) is 0 Å². The molecule has 1 aromatic carbocycles. The average Bonchev–Trinajstić information content (AvgIpc) is 2.25. The third-order valence-electron chi connectivity index (χ3n) is 2.83. The standard InChI is InChI=1S/C12H10F2N2O3/c13-8-1-10(14)9(3-15)11(2-8)19-6-7-4-16(5-7)12(17)18/h1-2,7H,4-6H2,(H,17,18). The van der Waals surface area contributed by atoms with Gasteiger partial charge in [-0.1, -0.05) is 0 Å². The molecular weight excluding hydrogens is 258 g/mol. The molecule has 7 heteroatoms. The molecule has 0 radical (unpaired) electrons. The summed E-state index contributed by atoms with van der Waals surface area (Å²) in [4.78, 5) is 11.7. The van der Waals surface area contributed by atoms with Crippen LogP contribution in [0, 0.1) is 28.9 Å². The highest BCUT2D eigenvalue weighted by atomic mass is 19.1. The largest absolute Gasteiger partial charge is 0.492 e. The number of likely N-dealkylation sites (tertiary alicyclic amines) is 1. The zero-order chi connectivity index (χ0) is 14.0. The van der Waals surface area contributed by atoms with Gasteiger partial charge in [-0.2, -0.15) is 5.26 Å². The number of amides is 1. The highest BCUT2D eigenvalue weighted by Crippen LogP contribution is 2.24. The first kappa shape index (κ1) is 13.1. The van der Waals surface area contributed by atoms with Gasteiger partial charge in [0.1, 0.15) is 29.0 Å². The van der Waals surface area contributed by atoms with Gasteiger partial charge in [0.15, 0.2) is 0 Å². The number of nitriles is 1. The lowest BCUT2D eigenvalue weighted by Crippen LogP contribution is -2.51. The fraction of sp³-hybridized carbons (Fsp3) is 0.333. The van der Waals surface area contributed by atoms with Crippen LogP contribution in [0.15, 0.2) is 12.1 Å². The lowest BCUT2D eigenvalue weighted by atomic mass is 10.0. The Kier molecular flexibility index (Phi) is 3.51. The lowest BCUT2D eigenvalue weighted by Gasteiger charge is -2.36. The number of rotatable bonds is 3. The predicted octanol–water partition coefficient (Wildman–Crippen LogP) is 1.83. The summed E-state index contributed by atoms with van der Waals surface area (Å²) in [6, 6.07) is 3.16. The first-order valence-electron chi connectivity index (χ1n) is 5.51. The van der Waals surface area contributed by atoms with Crippen molar-refractivity contribution in [3.8, 4) is 11.8 Å². The van der Waals surface area contributed by atoms with Crippen molar-refractivity contribution in [2.24, 2.45) is 5.92 Å². The zero-order valence-corrected chi connectivity index (χ0v) is 9.77. The highest BCUT2D eigenvalue weighted by molar-refractivity contribution is 5.66. The number of carbonyl (C=O) groups is 1. The molecule has 100 valence electrons. The van der Waals surface area contributed by atoms with Crippen LogP contribution < -0.4 is 4.74 Å². The van der Waals surface area contributed by atoms with Crippen molar-refractivity contribution in [3.63, 3.8) is 0 Å². The van der Waals surface area contributed by atoms with Gasteiger partial charge in [-0.3, -0.25) is 0 Å². The van der Waals surface area contributed by atoms with Gasteiger partial charge in [-0.05, 0) is 0 Å². The van der Waals surface area contributed by atoms with E-state index in [4.69, 9.17) is 15.1 Å². The smallest absolute Gasteiger partial charge is 0.407 e. The first-order valence-corrected chi connectivity index (χ1v) is 5.51. The minimum atomic E-state index is -1.01. The maximum atomic E-state index is 13.3.